The summed E-state index contributed by atoms with van der Waals surface area (Å²) >= 11 is 1.63. The Morgan fingerprint density at radius 2 is 1.96 bits per heavy atom. The molecular weight excluding hydrogens is 366 g/mol. The Bertz CT molecular complexity index is 1000. The van der Waals surface area contributed by atoms with Gasteiger partial charge in [-0.15, -0.1) is 11.3 Å². The number of aromatic nitrogens is 1. The van der Waals surface area contributed by atoms with E-state index in [-0.39, 0.29) is 5.91 Å². The summed E-state index contributed by atoms with van der Waals surface area (Å²) in [5.74, 6) is 0.193. The number of aryl methyl sites for hydroxylation is 2. The van der Waals surface area contributed by atoms with Gasteiger partial charge in [-0.25, -0.2) is 4.98 Å². The Hall–Kier alpha value is -2.66. The van der Waals surface area contributed by atoms with E-state index in [2.05, 4.69) is 60.9 Å². The van der Waals surface area contributed by atoms with Crippen molar-refractivity contribution in [3.63, 3.8) is 0 Å². The molecule has 0 bridgehead atoms. The predicted molar refractivity (Wildman–Crippen MR) is 117 cm³/mol. The topological polar surface area (TPSA) is 45.2 Å². The Morgan fingerprint density at radius 3 is 2.71 bits per heavy atom. The van der Waals surface area contributed by atoms with Gasteiger partial charge in [-0.3, -0.25) is 4.79 Å². The summed E-state index contributed by atoms with van der Waals surface area (Å²) in [6.07, 6.45) is 1.46. The SMILES string of the molecule is CCC(=O)N1CCc2cc(-c3csc(NCc4cc(C)cc(C)c4)n3)ccc21. The Labute approximate surface area is 170 Å². The fourth-order valence-corrected chi connectivity index (χ4v) is 4.57. The van der Waals surface area contributed by atoms with Crippen LogP contribution in [0, 0.1) is 13.8 Å². The van der Waals surface area contributed by atoms with Gasteiger partial charge in [-0.1, -0.05) is 42.3 Å². The fourth-order valence-electron chi connectivity index (χ4n) is 3.85. The number of carbonyl (C=O) groups excluding carboxylic acids is 1. The molecular formula is C23H25N3OS. The van der Waals surface area contributed by atoms with Crippen molar-refractivity contribution in [3.8, 4) is 11.3 Å². The number of nitrogens with zero attached hydrogens (tertiary/aromatic N) is 2. The highest BCUT2D eigenvalue weighted by Crippen LogP contribution is 2.33. The van der Waals surface area contributed by atoms with Crippen molar-refractivity contribution in [1.29, 1.82) is 0 Å². The van der Waals surface area contributed by atoms with E-state index < -0.39 is 0 Å². The third-order valence-corrected chi connectivity index (χ3v) is 5.90. The first-order chi connectivity index (χ1) is 13.5. The lowest BCUT2D eigenvalue weighted by atomic mass is 10.1. The van der Waals surface area contributed by atoms with E-state index in [1.807, 2.05) is 11.8 Å². The summed E-state index contributed by atoms with van der Waals surface area (Å²) in [4.78, 5) is 18.7. The molecule has 1 aliphatic heterocycles. The van der Waals surface area contributed by atoms with Crippen LogP contribution in [-0.2, 0) is 17.8 Å². The zero-order valence-corrected chi connectivity index (χ0v) is 17.4. The highest BCUT2D eigenvalue weighted by molar-refractivity contribution is 7.14. The molecule has 0 radical (unpaired) electrons. The normalized spacial score (nSPS) is 12.9. The van der Waals surface area contributed by atoms with Gasteiger partial charge in [0.25, 0.3) is 0 Å². The number of hydrogen-bond donors (Lipinski definition) is 1. The quantitative estimate of drug-likeness (QED) is 0.639. The van der Waals surface area contributed by atoms with E-state index in [9.17, 15) is 4.79 Å². The summed E-state index contributed by atoms with van der Waals surface area (Å²) in [5, 5.41) is 6.46. The molecule has 1 aliphatic rings. The van der Waals surface area contributed by atoms with Crippen LogP contribution in [0.5, 0.6) is 0 Å². The van der Waals surface area contributed by atoms with E-state index in [1.165, 1.54) is 22.3 Å². The molecule has 0 atom stereocenters. The first-order valence-electron chi connectivity index (χ1n) is 9.73. The highest BCUT2D eigenvalue weighted by Gasteiger charge is 2.23. The Balaban J connectivity index is 1.48. The van der Waals surface area contributed by atoms with Crippen molar-refractivity contribution in [2.45, 2.75) is 40.2 Å². The molecule has 2 heterocycles. The maximum atomic E-state index is 12.1. The average Bonchev–Trinajstić information content (AvgIpc) is 3.31. The second-order valence-electron chi connectivity index (χ2n) is 7.38. The first-order valence-corrected chi connectivity index (χ1v) is 10.6. The number of hydrogen-bond acceptors (Lipinski definition) is 4. The van der Waals surface area contributed by atoms with Crippen LogP contribution in [0.25, 0.3) is 11.3 Å². The first kappa shape index (κ1) is 18.7. The largest absolute Gasteiger partial charge is 0.357 e. The van der Waals surface area contributed by atoms with E-state index >= 15 is 0 Å². The number of nitrogens with one attached hydrogen (secondary N) is 1. The van der Waals surface area contributed by atoms with Crippen LogP contribution in [0.2, 0.25) is 0 Å². The molecule has 0 aliphatic carbocycles. The van der Waals surface area contributed by atoms with Crippen molar-refractivity contribution in [1.82, 2.24) is 4.98 Å². The van der Waals surface area contributed by atoms with Crippen molar-refractivity contribution in [2.24, 2.45) is 0 Å². The van der Waals surface area contributed by atoms with Crippen molar-refractivity contribution in [3.05, 3.63) is 64.0 Å². The average molecular weight is 392 g/mol. The molecule has 1 amide bonds. The van der Waals surface area contributed by atoms with Crippen LogP contribution in [0.15, 0.2) is 41.8 Å². The maximum absolute atomic E-state index is 12.1. The summed E-state index contributed by atoms with van der Waals surface area (Å²) in [6.45, 7) is 7.72. The van der Waals surface area contributed by atoms with Gasteiger partial charge >= 0.3 is 0 Å². The van der Waals surface area contributed by atoms with E-state index in [4.69, 9.17) is 4.98 Å². The number of carbonyl (C=O) groups is 1. The molecule has 3 aromatic rings. The molecule has 0 saturated heterocycles. The zero-order valence-electron chi connectivity index (χ0n) is 16.6. The molecule has 0 unspecified atom stereocenters. The molecule has 144 valence electrons. The van der Waals surface area contributed by atoms with Gasteiger partial charge < -0.3 is 10.2 Å². The molecule has 1 N–H and O–H groups in total. The molecule has 2 aromatic carbocycles. The molecule has 0 fully saturated rings. The second kappa shape index (κ2) is 7.76. The van der Waals surface area contributed by atoms with Crippen LogP contribution in [-0.4, -0.2) is 17.4 Å². The molecule has 4 nitrogen and oxygen atoms in total. The van der Waals surface area contributed by atoms with Crippen molar-refractivity contribution in [2.75, 3.05) is 16.8 Å². The van der Waals surface area contributed by atoms with Crippen LogP contribution in [0.4, 0.5) is 10.8 Å². The maximum Gasteiger partial charge on any atom is 0.226 e. The lowest BCUT2D eigenvalue weighted by molar-refractivity contribution is -0.118. The van der Waals surface area contributed by atoms with Crippen LogP contribution in [0.3, 0.4) is 0 Å². The van der Waals surface area contributed by atoms with E-state index in [1.54, 1.807) is 11.3 Å². The van der Waals surface area contributed by atoms with Crippen molar-refractivity contribution < 1.29 is 4.79 Å². The second-order valence-corrected chi connectivity index (χ2v) is 8.24. The summed E-state index contributed by atoms with van der Waals surface area (Å²) in [6, 6.07) is 12.9. The number of rotatable bonds is 5. The fraction of sp³-hybridized carbons (Fsp3) is 0.304. The van der Waals surface area contributed by atoms with Gasteiger partial charge in [0.15, 0.2) is 5.13 Å². The van der Waals surface area contributed by atoms with E-state index in [0.717, 1.165) is 41.6 Å². The van der Waals surface area contributed by atoms with Gasteiger partial charge in [0.2, 0.25) is 5.91 Å². The molecule has 28 heavy (non-hydrogen) atoms. The van der Waals surface area contributed by atoms with Crippen LogP contribution >= 0.6 is 11.3 Å². The van der Waals surface area contributed by atoms with E-state index in [0.29, 0.717) is 6.42 Å². The lowest BCUT2D eigenvalue weighted by Crippen LogP contribution is -2.27. The van der Waals surface area contributed by atoms with Crippen LogP contribution < -0.4 is 10.2 Å². The zero-order chi connectivity index (χ0) is 19.7. The van der Waals surface area contributed by atoms with Crippen molar-refractivity contribution >= 4 is 28.1 Å². The molecule has 0 saturated carbocycles. The monoisotopic (exact) mass is 391 g/mol. The van der Waals surface area contributed by atoms with Gasteiger partial charge in [0.05, 0.1) is 5.69 Å². The minimum absolute atomic E-state index is 0.193. The molecule has 1 aromatic heterocycles. The number of fused-ring (bicyclic) bond motifs is 1. The van der Waals surface area contributed by atoms with Gasteiger partial charge in [-0.2, -0.15) is 0 Å². The van der Waals surface area contributed by atoms with Gasteiger partial charge in [0, 0.05) is 36.1 Å². The smallest absolute Gasteiger partial charge is 0.226 e. The summed E-state index contributed by atoms with van der Waals surface area (Å²) in [5.41, 5.74) is 8.22. The highest BCUT2D eigenvalue weighted by atomic mass is 32.1. The summed E-state index contributed by atoms with van der Waals surface area (Å²) in [7, 11) is 0. The Morgan fingerprint density at radius 1 is 1.18 bits per heavy atom. The summed E-state index contributed by atoms with van der Waals surface area (Å²) < 4.78 is 0. The van der Waals surface area contributed by atoms with Gasteiger partial charge in [0.1, 0.15) is 0 Å². The number of thiazole rings is 1. The van der Waals surface area contributed by atoms with Crippen LogP contribution in [0.1, 0.15) is 35.6 Å². The minimum Gasteiger partial charge on any atom is -0.357 e. The predicted octanol–water partition coefficient (Wildman–Crippen LogP) is 5.34. The number of anilines is 2. The third-order valence-electron chi connectivity index (χ3n) is 5.10. The molecule has 5 heteroatoms. The Kier molecular flexibility index (Phi) is 5.18. The van der Waals surface area contributed by atoms with Gasteiger partial charge in [-0.05, 0) is 43.5 Å². The number of amides is 1. The molecule has 4 rings (SSSR count). The lowest BCUT2D eigenvalue weighted by Gasteiger charge is -2.16. The third kappa shape index (κ3) is 3.80. The minimum atomic E-state index is 0.193. The molecule has 0 spiro atoms. The standard InChI is InChI=1S/C23H25N3OS/c1-4-22(27)26-8-7-19-12-18(5-6-21(19)26)20-14-28-23(25-20)24-13-17-10-15(2)9-16(3)11-17/h5-6,9-12,14H,4,7-8,13H2,1-3H3,(H,24,25). The number of benzene rings is 2.